The molecule has 7 heteroatoms. The fraction of sp³-hybridized carbons (Fsp3) is 0.429. The molecule has 2 rings (SSSR count). The van der Waals surface area contributed by atoms with Gasteiger partial charge in [-0.05, 0) is 18.1 Å². The molecular weight excluding hydrogens is 295 g/mol. The Morgan fingerprint density at radius 3 is 2.71 bits per heavy atom. The van der Waals surface area contributed by atoms with Gasteiger partial charge in [-0.2, -0.15) is 0 Å². The molecule has 0 radical (unpaired) electrons. The van der Waals surface area contributed by atoms with E-state index in [1.54, 1.807) is 10.6 Å². The Morgan fingerprint density at radius 1 is 1.38 bits per heavy atom. The smallest absolute Gasteiger partial charge is 0.240 e. The van der Waals surface area contributed by atoms with Crippen molar-refractivity contribution in [3.05, 3.63) is 30.2 Å². The van der Waals surface area contributed by atoms with Crippen LogP contribution in [0.3, 0.4) is 0 Å². The molecule has 0 saturated carbocycles. The predicted molar refractivity (Wildman–Crippen MR) is 78.9 cm³/mol. The van der Waals surface area contributed by atoms with Gasteiger partial charge in [0.15, 0.2) is 0 Å². The average Bonchev–Trinajstić information content (AvgIpc) is 2.75. The SMILES string of the molecule is CC(C)COCCn1cc(S(N)(=O)=O)c2c(F)cccc21. The van der Waals surface area contributed by atoms with Crippen molar-refractivity contribution < 1.29 is 17.5 Å². The Bertz CT molecular complexity index is 738. The van der Waals surface area contributed by atoms with Crippen LogP contribution in [0.2, 0.25) is 0 Å². The molecule has 116 valence electrons. The van der Waals surface area contributed by atoms with E-state index in [-0.39, 0.29) is 10.3 Å². The summed E-state index contributed by atoms with van der Waals surface area (Å²) in [7, 11) is -3.98. The van der Waals surface area contributed by atoms with E-state index in [0.717, 1.165) is 0 Å². The molecule has 0 spiro atoms. The van der Waals surface area contributed by atoms with Crippen LogP contribution >= 0.6 is 0 Å². The first-order chi connectivity index (χ1) is 9.80. The Hall–Kier alpha value is -1.44. The molecule has 5 nitrogen and oxygen atoms in total. The lowest BCUT2D eigenvalue weighted by Gasteiger charge is -2.08. The lowest BCUT2D eigenvalue weighted by Crippen LogP contribution is -2.12. The van der Waals surface area contributed by atoms with Gasteiger partial charge in [-0.1, -0.05) is 19.9 Å². The summed E-state index contributed by atoms with van der Waals surface area (Å²) in [5.41, 5.74) is 0.493. The van der Waals surface area contributed by atoms with Crippen LogP contribution in [0.4, 0.5) is 4.39 Å². The largest absolute Gasteiger partial charge is 0.379 e. The maximum absolute atomic E-state index is 13.9. The molecular formula is C14H19FN2O3S. The van der Waals surface area contributed by atoms with Gasteiger partial charge in [0.2, 0.25) is 10.0 Å². The molecule has 1 aromatic carbocycles. The first-order valence-electron chi connectivity index (χ1n) is 6.68. The Morgan fingerprint density at radius 2 is 2.10 bits per heavy atom. The van der Waals surface area contributed by atoms with Gasteiger partial charge in [-0.3, -0.25) is 0 Å². The zero-order chi connectivity index (χ0) is 15.6. The van der Waals surface area contributed by atoms with Crippen LogP contribution in [-0.4, -0.2) is 26.2 Å². The van der Waals surface area contributed by atoms with E-state index >= 15 is 0 Å². The third-order valence-corrected chi connectivity index (χ3v) is 3.98. The molecule has 1 aromatic heterocycles. The highest BCUT2D eigenvalue weighted by Gasteiger charge is 2.20. The highest BCUT2D eigenvalue weighted by molar-refractivity contribution is 7.89. The topological polar surface area (TPSA) is 74.3 Å². The number of hydrogen-bond donors (Lipinski definition) is 1. The maximum atomic E-state index is 13.9. The first-order valence-corrected chi connectivity index (χ1v) is 8.23. The standard InChI is InChI=1S/C14H19FN2O3S/c1-10(2)9-20-7-6-17-8-13(21(16,18)19)14-11(15)4-3-5-12(14)17/h3-5,8,10H,6-7,9H2,1-2H3,(H2,16,18,19). The zero-order valence-electron chi connectivity index (χ0n) is 12.0. The van der Waals surface area contributed by atoms with E-state index in [9.17, 15) is 12.8 Å². The number of halogens is 1. The maximum Gasteiger partial charge on any atom is 0.240 e. The summed E-state index contributed by atoms with van der Waals surface area (Å²) >= 11 is 0. The van der Waals surface area contributed by atoms with Crippen LogP contribution in [0.25, 0.3) is 10.9 Å². The monoisotopic (exact) mass is 314 g/mol. The van der Waals surface area contributed by atoms with Gasteiger partial charge in [0.05, 0.1) is 17.5 Å². The van der Waals surface area contributed by atoms with E-state index in [0.29, 0.717) is 31.2 Å². The minimum absolute atomic E-state index is 0.0314. The molecule has 2 N–H and O–H groups in total. The van der Waals surface area contributed by atoms with Crippen molar-refractivity contribution in [2.75, 3.05) is 13.2 Å². The molecule has 0 fully saturated rings. The predicted octanol–water partition coefficient (Wildman–Crippen LogP) is 2.10. The van der Waals surface area contributed by atoms with Gasteiger partial charge in [-0.15, -0.1) is 0 Å². The number of primary sulfonamides is 1. The summed E-state index contributed by atoms with van der Waals surface area (Å²) in [6, 6.07) is 4.42. The Labute approximate surface area is 123 Å². The van der Waals surface area contributed by atoms with Gasteiger partial charge in [0.1, 0.15) is 10.7 Å². The van der Waals surface area contributed by atoms with Gasteiger partial charge >= 0.3 is 0 Å². The highest BCUT2D eigenvalue weighted by Crippen LogP contribution is 2.27. The summed E-state index contributed by atoms with van der Waals surface area (Å²) in [6.45, 7) is 5.55. The number of fused-ring (bicyclic) bond motifs is 1. The zero-order valence-corrected chi connectivity index (χ0v) is 12.9. The Kier molecular flexibility index (Phi) is 4.65. The number of hydrogen-bond acceptors (Lipinski definition) is 3. The second kappa shape index (κ2) is 6.13. The molecule has 21 heavy (non-hydrogen) atoms. The van der Waals surface area contributed by atoms with Gasteiger partial charge in [0.25, 0.3) is 0 Å². The summed E-state index contributed by atoms with van der Waals surface area (Å²) in [6.07, 6.45) is 1.36. The van der Waals surface area contributed by atoms with Crippen LogP contribution in [0, 0.1) is 11.7 Å². The summed E-state index contributed by atoms with van der Waals surface area (Å²) in [4.78, 5) is -0.195. The molecule has 0 amide bonds. The van der Waals surface area contributed by atoms with Crippen molar-refractivity contribution >= 4 is 20.9 Å². The van der Waals surface area contributed by atoms with Crippen LogP contribution in [0.15, 0.2) is 29.3 Å². The molecule has 0 aliphatic rings. The number of sulfonamides is 1. The summed E-state index contributed by atoms with van der Waals surface area (Å²) in [5.74, 6) is -0.179. The van der Waals surface area contributed by atoms with E-state index in [1.807, 2.05) is 13.8 Å². The molecule has 0 unspecified atom stereocenters. The molecule has 0 atom stereocenters. The fourth-order valence-electron chi connectivity index (χ4n) is 2.15. The summed E-state index contributed by atoms with van der Waals surface area (Å²) < 4.78 is 44.2. The number of rotatable bonds is 6. The van der Waals surface area contributed by atoms with Gasteiger partial charge in [0, 0.05) is 19.3 Å². The van der Waals surface area contributed by atoms with Crippen LogP contribution in [0.5, 0.6) is 0 Å². The van der Waals surface area contributed by atoms with Crippen LogP contribution < -0.4 is 5.14 Å². The molecule has 0 aliphatic heterocycles. The molecule has 0 aliphatic carbocycles. The van der Waals surface area contributed by atoms with Crippen LogP contribution in [0.1, 0.15) is 13.8 Å². The third kappa shape index (κ3) is 3.61. The number of benzene rings is 1. The lowest BCUT2D eigenvalue weighted by atomic mass is 10.2. The molecule has 2 aromatic rings. The molecule has 0 saturated heterocycles. The van der Waals surface area contributed by atoms with Crippen molar-refractivity contribution in [2.24, 2.45) is 11.1 Å². The number of nitrogens with two attached hydrogens (primary N) is 1. The van der Waals surface area contributed by atoms with Crippen LogP contribution in [-0.2, 0) is 21.3 Å². The van der Waals surface area contributed by atoms with E-state index in [1.165, 1.54) is 18.3 Å². The van der Waals surface area contributed by atoms with Crippen molar-refractivity contribution in [2.45, 2.75) is 25.3 Å². The minimum Gasteiger partial charge on any atom is -0.379 e. The lowest BCUT2D eigenvalue weighted by molar-refractivity contribution is 0.104. The number of ether oxygens (including phenoxy) is 1. The number of nitrogens with zero attached hydrogens (tertiary/aromatic N) is 1. The second-order valence-electron chi connectivity index (χ2n) is 5.33. The van der Waals surface area contributed by atoms with E-state index in [4.69, 9.17) is 9.88 Å². The summed E-state index contributed by atoms with van der Waals surface area (Å²) in [5, 5.41) is 5.19. The fourth-order valence-corrected chi connectivity index (χ4v) is 2.92. The highest BCUT2D eigenvalue weighted by atomic mass is 32.2. The number of aromatic nitrogens is 1. The minimum atomic E-state index is -3.98. The van der Waals surface area contributed by atoms with Crippen molar-refractivity contribution in [3.8, 4) is 0 Å². The normalized spacial score (nSPS) is 12.4. The van der Waals surface area contributed by atoms with Crippen molar-refractivity contribution in [1.82, 2.24) is 4.57 Å². The van der Waals surface area contributed by atoms with Crippen molar-refractivity contribution in [1.29, 1.82) is 0 Å². The van der Waals surface area contributed by atoms with Crippen molar-refractivity contribution in [3.63, 3.8) is 0 Å². The Balaban J connectivity index is 2.35. The third-order valence-electron chi connectivity index (χ3n) is 3.05. The quantitative estimate of drug-likeness (QED) is 0.830. The van der Waals surface area contributed by atoms with E-state index in [2.05, 4.69) is 0 Å². The first kappa shape index (κ1) is 15.9. The van der Waals surface area contributed by atoms with Gasteiger partial charge in [-0.25, -0.2) is 17.9 Å². The van der Waals surface area contributed by atoms with E-state index < -0.39 is 15.8 Å². The molecule has 0 bridgehead atoms. The molecule has 1 heterocycles. The average molecular weight is 314 g/mol. The second-order valence-corrected chi connectivity index (χ2v) is 6.86. The van der Waals surface area contributed by atoms with Gasteiger partial charge < -0.3 is 9.30 Å².